The molecule has 0 heterocycles. The molecule has 1 aromatic rings. The summed E-state index contributed by atoms with van der Waals surface area (Å²) >= 11 is 0. The molecule has 0 bridgehead atoms. The second-order valence-corrected chi connectivity index (χ2v) is 3.83. The molecule has 0 aliphatic heterocycles. The number of benzene rings is 1. The Labute approximate surface area is 82.1 Å². The lowest BCUT2D eigenvalue weighted by Crippen LogP contribution is -2.10. The van der Waals surface area contributed by atoms with Crippen molar-refractivity contribution in [3.8, 4) is 0 Å². The maximum Gasteiger partial charge on any atom is 0.129 e. The van der Waals surface area contributed by atoms with E-state index in [1.54, 1.807) is 6.07 Å². The molecule has 1 aliphatic rings. The van der Waals surface area contributed by atoms with Gasteiger partial charge in [0.15, 0.2) is 0 Å². The van der Waals surface area contributed by atoms with Crippen LogP contribution in [0.2, 0.25) is 0 Å². The SMILES string of the molecule is CNC[C@@H]1C[C@@H]1c1ccc(F)cc1F. The predicted molar refractivity (Wildman–Crippen MR) is 51.1 cm³/mol. The van der Waals surface area contributed by atoms with Gasteiger partial charge in [0.2, 0.25) is 0 Å². The third-order valence-electron chi connectivity index (χ3n) is 2.75. The smallest absolute Gasteiger partial charge is 0.129 e. The minimum absolute atomic E-state index is 0.281. The molecule has 0 amide bonds. The maximum absolute atomic E-state index is 13.3. The van der Waals surface area contributed by atoms with E-state index < -0.39 is 11.6 Å². The topological polar surface area (TPSA) is 12.0 Å². The Kier molecular flexibility index (Phi) is 2.50. The van der Waals surface area contributed by atoms with E-state index in [-0.39, 0.29) is 5.92 Å². The first-order valence-electron chi connectivity index (χ1n) is 4.82. The zero-order valence-electron chi connectivity index (χ0n) is 8.06. The molecule has 3 heteroatoms. The van der Waals surface area contributed by atoms with E-state index in [4.69, 9.17) is 0 Å². The van der Waals surface area contributed by atoms with Crippen molar-refractivity contribution in [3.05, 3.63) is 35.4 Å². The molecule has 0 spiro atoms. The standard InChI is InChI=1S/C11H13F2N/c1-14-6-7-4-10(7)9-3-2-8(12)5-11(9)13/h2-3,5,7,10,14H,4,6H2,1H3/t7-,10-/m0/s1. The maximum atomic E-state index is 13.3. The lowest BCUT2D eigenvalue weighted by atomic mass is 10.1. The van der Waals surface area contributed by atoms with E-state index >= 15 is 0 Å². The van der Waals surface area contributed by atoms with Crippen LogP contribution in [-0.2, 0) is 0 Å². The summed E-state index contributed by atoms with van der Waals surface area (Å²) in [6.45, 7) is 0.904. The summed E-state index contributed by atoms with van der Waals surface area (Å²) in [6.07, 6.45) is 1.00. The third-order valence-corrected chi connectivity index (χ3v) is 2.75. The summed E-state index contributed by atoms with van der Waals surface area (Å²) in [6, 6.07) is 3.85. The first kappa shape index (κ1) is 9.59. The zero-order chi connectivity index (χ0) is 10.1. The Morgan fingerprint density at radius 3 is 2.86 bits per heavy atom. The molecular weight excluding hydrogens is 184 g/mol. The highest BCUT2D eigenvalue weighted by Gasteiger charge is 2.39. The van der Waals surface area contributed by atoms with Crippen LogP contribution in [0.25, 0.3) is 0 Å². The average molecular weight is 197 g/mol. The van der Waals surface area contributed by atoms with Crippen molar-refractivity contribution in [1.29, 1.82) is 0 Å². The van der Waals surface area contributed by atoms with Crippen molar-refractivity contribution >= 4 is 0 Å². The Morgan fingerprint density at radius 2 is 2.21 bits per heavy atom. The van der Waals surface area contributed by atoms with E-state index in [9.17, 15) is 8.78 Å². The van der Waals surface area contributed by atoms with Crippen molar-refractivity contribution in [2.75, 3.05) is 13.6 Å². The van der Waals surface area contributed by atoms with Gasteiger partial charge < -0.3 is 5.32 Å². The van der Waals surface area contributed by atoms with Crippen molar-refractivity contribution in [1.82, 2.24) is 5.32 Å². The molecule has 2 rings (SSSR count). The highest BCUT2D eigenvalue weighted by molar-refractivity contribution is 5.28. The molecule has 1 aliphatic carbocycles. The van der Waals surface area contributed by atoms with Crippen molar-refractivity contribution in [3.63, 3.8) is 0 Å². The number of hydrogen-bond acceptors (Lipinski definition) is 1. The summed E-state index contributed by atoms with van der Waals surface area (Å²) < 4.78 is 25.9. The molecule has 1 saturated carbocycles. The van der Waals surface area contributed by atoms with Gasteiger partial charge in [-0.1, -0.05) is 6.07 Å². The molecule has 0 aromatic heterocycles. The van der Waals surface area contributed by atoms with Gasteiger partial charge in [0.1, 0.15) is 11.6 Å². The van der Waals surface area contributed by atoms with Crippen LogP contribution in [0.5, 0.6) is 0 Å². The van der Waals surface area contributed by atoms with E-state index in [0.29, 0.717) is 11.5 Å². The first-order chi connectivity index (χ1) is 6.72. The summed E-state index contributed by atoms with van der Waals surface area (Å²) in [4.78, 5) is 0. The van der Waals surface area contributed by atoms with Crippen molar-refractivity contribution in [2.24, 2.45) is 5.92 Å². The third kappa shape index (κ3) is 1.77. The Bertz CT molecular complexity index is 338. The molecule has 2 atom stereocenters. The van der Waals surface area contributed by atoms with Gasteiger partial charge in [0, 0.05) is 6.07 Å². The molecule has 0 saturated heterocycles. The number of halogens is 2. The lowest BCUT2D eigenvalue weighted by molar-refractivity contribution is 0.568. The molecule has 0 radical (unpaired) electrons. The Morgan fingerprint density at radius 1 is 1.43 bits per heavy atom. The largest absolute Gasteiger partial charge is 0.319 e. The van der Waals surface area contributed by atoms with Crippen LogP contribution in [0.3, 0.4) is 0 Å². The summed E-state index contributed by atoms with van der Waals surface area (Å²) in [5, 5.41) is 3.06. The van der Waals surface area contributed by atoms with Crippen LogP contribution in [0.15, 0.2) is 18.2 Å². The number of nitrogens with one attached hydrogen (secondary N) is 1. The summed E-state index contributed by atoms with van der Waals surface area (Å²) in [5.41, 5.74) is 0.659. The van der Waals surface area contributed by atoms with Gasteiger partial charge in [-0.3, -0.25) is 0 Å². The quantitative estimate of drug-likeness (QED) is 0.784. The van der Waals surface area contributed by atoms with Crippen LogP contribution >= 0.6 is 0 Å². The van der Waals surface area contributed by atoms with E-state index in [1.807, 2.05) is 7.05 Å². The molecule has 0 unspecified atom stereocenters. The van der Waals surface area contributed by atoms with Crippen LogP contribution in [0.4, 0.5) is 8.78 Å². The Hall–Kier alpha value is -0.960. The van der Waals surface area contributed by atoms with Crippen molar-refractivity contribution < 1.29 is 8.78 Å². The fourth-order valence-electron chi connectivity index (χ4n) is 1.92. The summed E-state index contributed by atoms with van der Waals surface area (Å²) in [7, 11) is 1.89. The average Bonchev–Trinajstić information content (AvgIpc) is 2.84. The van der Waals surface area contributed by atoms with Gasteiger partial charge in [-0.15, -0.1) is 0 Å². The molecule has 1 fully saturated rings. The first-order valence-corrected chi connectivity index (χ1v) is 4.82. The highest BCUT2D eigenvalue weighted by Crippen LogP contribution is 2.47. The normalized spacial score (nSPS) is 25.1. The fraction of sp³-hybridized carbons (Fsp3) is 0.455. The second-order valence-electron chi connectivity index (χ2n) is 3.83. The van der Waals surface area contributed by atoms with E-state index in [0.717, 1.165) is 19.0 Å². The van der Waals surface area contributed by atoms with Gasteiger partial charge in [0.05, 0.1) is 0 Å². The van der Waals surface area contributed by atoms with Crippen LogP contribution in [-0.4, -0.2) is 13.6 Å². The molecule has 76 valence electrons. The molecular formula is C11H13F2N. The molecule has 1 aromatic carbocycles. The van der Waals surface area contributed by atoms with Gasteiger partial charge in [-0.05, 0) is 43.5 Å². The number of hydrogen-bond donors (Lipinski definition) is 1. The van der Waals surface area contributed by atoms with Crippen LogP contribution in [0, 0.1) is 17.6 Å². The fourth-order valence-corrected chi connectivity index (χ4v) is 1.92. The van der Waals surface area contributed by atoms with Gasteiger partial charge >= 0.3 is 0 Å². The molecule has 14 heavy (non-hydrogen) atoms. The minimum Gasteiger partial charge on any atom is -0.319 e. The summed E-state index contributed by atoms with van der Waals surface area (Å²) in [5.74, 6) is -0.117. The van der Waals surface area contributed by atoms with Gasteiger partial charge in [-0.25, -0.2) is 8.78 Å². The monoisotopic (exact) mass is 197 g/mol. The van der Waals surface area contributed by atoms with E-state index in [2.05, 4.69) is 5.32 Å². The lowest BCUT2D eigenvalue weighted by Gasteiger charge is -2.02. The molecule has 1 nitrogen and oxygen atoms in total. The van der Waals surface area contributed by atoms with Crippen molar-refractivity contribution in [2.45, 2.75) is 12.3 Å². The Balaban J connectivity index is 2.11. The van der Waals surface area contributed by atoms with Crippen LogP contribution < -0.4 is 5.32 Å². The van der Waals surface area contributed by atoms with Gasteiger partial charge in [-0.2, -0.15) is 0 Å². The predicted octanol–water partition coefficient (Wildman–Crippen LogP) is 2.29. The zero-order valence-corrected chi connectivity index (χ0v) is 8.06. The highest BCUT2D eigenvalue weighted by atomic mass is 19.1. The van der Waals surface area contributed by atoms with Gasteiger partial charge in [0.25, 0.3) is 0 Å². The van der Waals surface area contributed by atoms with E-state index in [1.165, 1.54) is 6.07 Å². The minimum atomic E-state index is -0.503. The second kappa shape index (κ2) is 3.65. The number of rotatable bonds is 3. The molecule has 1 N–H and O–H groups in total. The van der Waals surface area contributed by atoms with Crippen LogP contribution in [0.1, 0.15) is 17.9 Å².